The highest BCUT2D eigenvalue weighted by Crippen LogP contribution is 2.17. The summed E-state index contributed by atoms with van der Waals surface area (Å²) in [7, 11) is 0. The Hall–Kier alpha value is -2.14. The molecule has 0 fully saturated rings. The van der Waals surface area contributed by atoms with Crippen molar-refractivity contribution in [1.29, 1.82) is 0 Å². The summed E-state index contributed by atoms with van der Waals surface area (Å²) in [5.74, 6) is 1.06. The van der Waals surface area contributed by atoms with Gasteiger partial charge in [0.1, 0.15) is 5.75 Å². The summed E-state index contributed by atoms with van der Waals surface area (Å²) in [6.45, 7) is 0.463. The molecular formula is C14H13ClN2O3. The Labute approximate surface area is 121 Å². The number of halogens is 1. The van der Waals surface area contributed by atoms with Gasteiger partial charge in [-0.25, -0.2) is 0 Å². The lowest BCUT2D eigenvalue weighted by molar-refractivity contribution is -0.384. The molecule has 104 valence electrons. The molecule has 0 radical (unpaired) electrons. The van der Waals surface area contributed by atoms with Crippen molar-refractivity contribution < 1.29 is 9.66 Å². The van der Waals surface area contributed by atoms with Gasteiger partial charge in [0, 0.05) is 36.3 Å². The molecule has 0 N–H and O–H groups in total. The minimum atomic E-state index is -0.438. The molecule has 20 heavy (non-hydrogen) atoms. The maximum absolute atomic E-state index is 10.5. The third-order valence-electron chi connectivity index (χ3n) is 2.71. The highest BCUT2D eigenvalue weighted by atomic mass is 35.5. The number of alkyl halides is 1. The molecule has 2 aromatic rings. The standard InChI is InChI=1S/C14H13ClN2O3/c15-9-11-1-2-12(16-10-11)7-8-20-14-5-3-13(4-6-14)17(18)19/h1-6,10H,7-9H2. The fourth-order valence-corrected chi connectivity index (χ4v) is 1.78. The smallest absolute Gasteiger partial charge is 0.269 e. The lowest BCUT2D eigenvalue weighted by Gasteiger charge is -2.05. The number of pyridine rings is 1. The van der Waals surface area contributed by atoms with Gasteiger partial charge in [0.25, 0.3) is 5.69 Å². The predicted molar refractivity (Wildman–Crippen MR) is 76.1 cm³/mol. The Morgan fingerprint density at radius 2 is 1.95 bits per heavy atom. The van der Waals surface area contributed by atoms with Crippen molar-refractivity contribution in [3.63, 3.8) is 0 Å². The van der Waals surface area contributed by atoms with Crippen LogP contribution < -0.4 is 4.74 Å². The Balaban J connectivity index is 1.84. The van der Waals surface area contributed by atoms with Gasteiger partial charge in [-0.15, -0.1) is 11.6 Å². The van der Waals surface area contributed by atoms with Gasteiger partial charge >= 0.3 is 0 Å². The number of non-ortho nitro benzene ring substituents is 1. The minimum Gasteiger partial charge on any atom is -0.493 e. The number of nitro groups is 1. The van der Waals surface area contributed by atoms with E-state index in [1.54, 1.807) is 18.3 Å². The maximum Gasteiger partial charge on any atom is 0.269 e. The molecule has 1 heterocycles. The van der Waals surface area contributed by atoms with E-state index in [1.807, 2.05) is 12.1 Å². The summed E-state index contributed by atoms with van der Waals surface area (Å²) in [5.41, 5.74) is 1.95. The molecule has 0 atom stereocenters. The van der Waals surface area contributed by atoms with Crippen molar-refractivity contribution >= 4 is 17.3 Å². The predicted octanol–water partition coefficient (Wildman–Crippen LogP) is 3.35. The third-order valence-corrected chi connectivity index (χ3v) is 3.02. The van der Waals surface area contributed by atoms with Crippen molar-refractivity contribution in [3.8, 4) is 5.75 Å². The first-order chi connectivity index (χ1) is 9.69. The molecule has 0 saturated heterocycles. The molecule has 5 nitrogen and oxygen atoms in total. The van der Waals surface area contributed by atoms with Crippen molar-refractivity contribution in [3.05, 3.63) is 64.0 Å². The van der Waals surface area contributed by atoms with E-state index in [9.17, 15) is 10.1 Å². The highest BCUT2D eigenvalue weighted by molar-refractivity contribution is 6.17. The molecule has 0 amide bonds. The quantitative estimate of drug-likeness (QED) is 0.465. The van der Waals surface area contributed by atoms with Crippen molar-refractivity contribution in [2.45, 2.75) is 12.3 Å². The minimum absolute atomic E-state index is 0.0516. The number of benzene rings is 1. The van der Waals surface area contributed by atoms with Gasteiger partial charge in [0.15, 0.2) is 0 Å². The summed E-state index contributed by atoms with van der Waals surface area (Å²) in [6, 6.07) is 9.86. The monoisotopic (exact) mass is 292 g/mol. The zero-order valence-electron chi connectivity index (χ0n) is 10.7. The van der Waals surface area contributed by atoms with E-state index in [-0.39, 0.29) is 5.69 Å². The van der Waals surface area contributed by atoms with Crippen LogP contribution in [0.3, 0.4) is 0 Å². The zero-order chi connectivity index (χ0) is 14.4. The van der Waals surface area contributed by atoms with Gasteiger partial charge in [-0.1, -0.05) is 6.07 Å². The molecule has 0 aliphatic heterocycles. The number of ether oxygens (including phenoxy) is 1. The van der Waals surface area contributed by atoms with E-state index in [1.165, 1.54) is 12.1 Å². The number of rotatable bonds is 6. The topological polar surface area (TPSA) is 65.3 Å². The molecule has 0 aliphatic carbocycles. The van der Waals surface area contributed by atoms with Crippen molar-refractivity contribution in [2.24, 2.45) is 0 Å². The van der Waals surface area contributed by atoms with Crippen LogP contribution in [-0.2, 0) is 12.3 Å². The summed E-state index contributed by atoms with van der Waals surface area (Å²) in [5, 5.41) is 10.5. The van der Waals surface area contributed by atoms with Crippen LogP contribution in [0, 0.1) is 10.1 Å². The van der Waals surface area contributed by atoms with Gasteiger partial charge < -0.3 is 4.74 Å². The molecule has 0 aliphatic rings. The van der Waals surface area contributed by atoms with Crippen LogP contribution in [0.5, 0.6) is 5.75 Å². The average Bonchev–Trinajstić information content (AvgIpc) is 2.48. The summed E-state index contributed by atoms with van der Waals surface area (Å²) in [4.78, 5) is 14.3. The first-order valence-corrected chi connectivity index (χ1v) is 6.59. The zero-order valence-corrected chi connectivity index (χ0v) is 11.4. The number of nitrogens with zero attached hydrogens (tertiary/aromatic N) is 2. The molecule has 1 aromatic heterocycles. The van der Waals surface area contributed by atoms with E-state index in [0.717, 1.165) is 11.3 Å². The fourth-order valence-electron chi connectivity index (χ4n) is 1.62. The Morgan fingerprint density at radius 1 is 1.20 bits per heavy atom. The van der Waals surface area contributed by atoms with Gasteiger partial charge in [-0.05, 0) is 23.8 Å². The lowest BCUT2D eigenvalue weighted by atomic mass is 10.2. The van der Waals surface area contributed by atoms with Crippen LogP contribution in [0.25, 0.3) is 0 Å². The van der Waals surface area contributed by atoms with E-state index >= 15 is 0 Å². The van der Waals surface area contributed by atoms with Gasteiger partial charge in [-0.2, -0.15) is 0 Å². The van der Waals surface area contributed by atoms with Crippen LogP contribution >= 0.6 is 11.6 Å². The lowest BCUT2D eigenvalue weighted by Crippen LogP contribution is -2.03. The Kier molecular flexibility index (Phi) is 4.90. The highest BCUT2D eigenvalue weighted by Gasteiger charge is 2.04. The SMILES string of the molecule is O=[N+]([O-])c1ccc(OCCc2ccc(CCl)cn2)cc1. The van der Waals surface area contributed by atoms with Crippen LogP contribution in [0.4, 0.5) is 5.69 Å². The molecule has 6 heteroatoms. The molecule has 2 rings (SSSR count). The third kappa shape index (κ3) is 3.93. The molecular weight excluding hydrogens is 280 g/mol. The van der Waals surface area contributed by atoms with Crippen LogP contribution in [0.1, 0.15) is 11.3 Å². The second-order valence-corrected chi connectivity index (χ2v) is 4.41. The number of hydrogen-bond donors (Lipinski definition) is 0. The largest absolute Gasteiger partial charge is 0.493 e. The summed E-state index contributed by atoms with van der Waals surface area (Å²) >= 11 is 5.69. The first kappa shape index (κ1) is 14.3. The second kappa shape index (κ2) is 6.86. The normalized spacial score (nSPS) is 10.2. The van der Waals surface area contributed by atoms with Crippen LogP contribution in [0.2, 0.25) is 0 Å². The van der Waals surface area contributed by atoms with Crippen LogP contribution in [0.15, 0.2) is 42.6 Å². The van der Waals surface area contributed by atoms with E-state index in [0.29, 0.717) is 24.7 Å². The molecule has 0 unspecified atom stereocenters. The molecule has 0 spiro atoms. The Morgan fingerprint density at radius 3 is 2.50 bits per heavy atom. The van der Waals surface area contributed by atoms with E-state index in [4.69, 9.17) is 16.3 Å². The second-order valence-electron chi connectivity index (χ2n) is 4.14. The van der Waals surface area contributed by atoms with Gasteiger partial charge in [0.05, 0.1) is 11.5 Å². The van der Waals surface area contributed by atoms with E-state index in [2.05, 4.69) is 4.98 Å². The van der Waals surface area contributed by atoms with Crippen molar-refractivity contribution in [1.82, 2.24) is 4.98 Å². The maximum atomic E-state index is 10.5. The van der Waals surface area contributed by atoms with E-state index < -0.39 is 4.92 Å². The van der Waals surface area contributed by atoms with Gasteiger partial charge in [0.2, 0.25) is 0 Å². The molecule has 0 bridgehead atoms. The summed E-state index contributed by atoms with van der Waals surface area (Å²) < 4.78 is 5.51. The Bertz CT molecular complexity index is 570. The average molecular weight is 293 g/mol. The number of nitro benzene ring substituents is 1. The first-order valence-electron chi connectivity index (χ1n) is 6.06. The van der Waals surface area contributed by atoms with Gasteiger partial charge in [-0.3, -0.25) is 15.1 Å². The van der Waals surface area contributed by atoms with Crippen molar-refractivity contribution in [2.75, 3.05) is 6.61 Å². The number of aromatic nitrogens is 1. The fraction of sp³-hybridized carbons (Fsp3) is 0.214. The molecule has 1 aromatic carbocycles. The number of hydrogen-bond acceptors (Lipinski definition) is 4. The van der Waals surface area contributed by atoms with Crippen LogP contribution in [-0.4, -0.2) is 16.5 Å². The molecule has 0 saturated carbocycles. The summed E-state index contributed by atoms with van der Waals surface area (Å²) in [6.07, 6.45) is 2.41.